The van der Waals surface area contributed by atoms with E-state index in [4.69, 9.17) is 0 Å². The first kappa shape index (κ1) is 21.9. The van der Waals surface area contributed by atoms with Crippen molar-refractivity contribution < 1.29 is 9.59 Å². The molecule has 2 aromatic carbocycles. The van der Waals surface area contributed by atoms with Crippen LogP contribution in [0.5, 0.6) is 0 Å². The molecule has 1 saturated heterocycles. The van der Waals surface area contributed by atoms with E-state index in [1.165, 1.54) is 17.3 Å². The summed E-state index contributed by atoms with van der Waals surface area (Å²) in [6, 6.07) is 18.4. The van der Waals surface area contributed by atoms with Gasteiger partial charge in [0.25, 0.3) is 0 Å². The fourth-order valence-electron chi connectivity index (χ4n) is 3.47. The molecule has 1 heterocycles. The molecular formula is C22H26BrN3O2S. The van der Waals surface area contributed by atoms with Crippen LogP contribution in [0.2, 0.25) is 0 Å². The van der Waals surface area contributed by atoms with Crippen molar-refractivity contribution in [1.82, 2.24) is 10.2 Å². The lowest BCUT2D eigenvalue weighted by atomic mass is 10.1. The van der Waals surface area contributed by atoms with E-state index in [9.17, 15) is 9.59 Å². The van der Waals surface area contributed by atoms with Crippen LogP contribution in [0.25, 0.3) is 0 Å². The Morgan fingerprint density at radius 1 is 1.14 bits per heavy atom. The fourth-order valence-corrected chi connectivity index (χ4v) is 4.50. The zero-order valence-electron chi connectivity index (χ0n) is 16.4. The van der Waals surface area contributed by atoms with Crippen molar-refractivity contribution in [2.45, 2.75) is 25.4 Å². The van der Waals surface area contributed by atoms with Gasteiger partial charge in [0.1, 0.15) is 0 Å². The monoisotopic (exact) mass is 475 g/mol. The maximum Gasteiger partial charge on any atom is 0.234 e. The van der Waals surface area contributed by atoms with Crippen LogP contribution in [0.3, 0.4) is 0 Å². The van der Waals surface area contributed by atoms with Crippen molar-refractivity contribution in [2.75, 3.05) is 29.9 Å². The number of hydrogen-bond acceptors (Lipinski definition) is 4. The zero-order chi connectivity index (χ0) is 20.6. The van der Waals surface area contributed by atoms with Crippen LogP contribution in [0.1, 0.15) is 24.9 Å². The molecule has 154 valence electrons. The summed E-state index contributed by atoms with van der Waals surface area (Å²) in [6.45, 7) is 4.04. The molecule has 0 radical (unpaired) electrons. The largest absolute Gasteiger partial charge is 0.351 e. The lowest BCUT2D eigenvalue weighted by Crippen LogP contribution is -2.38. The highest BCUT2D eigenvalue weighted by atomic mass is 79.9. The van der Waals surface area contributed by atoms with Gasteiger partial charge in [-0.25, -0.2) is 0 Å². The third-order valence-corrected chi connectivity index (χ3v) is 6.42. The van der Waals surface area contributed by atoms with E-state index < -0.39 is 0 Å². The second-order valence-corrected chi connectivity index (χ2v) is 9.09. The first-order valence-electron chi connectivity index (χ1n) is 9.73. The molecule has 2 amide bonds. The molecule has 2 unspecified atom stereocenters. The van der Waals surface area contributed by atoms with Gasteiger partial charge in [-0.15, -0.1) is 11.8 Å². The number of carbonyl (C=O) groups is 2. The predicted octanol–water partition coefficient (Wildman–Crippen LogP) is 4.07. The van der Waals surface area contributed by atoms with Crippen LogP contribution < -0.4 is 10.6 Å². The van der Waals surface area contributed by atoms with Gasteiger partial charge in [-0.05, 0) is 37.1 Å². The Balaban J connectivity index is 1.35. The van der Waals surface area contributed by atoms with E-state index in [-0.39, 0.29) is 29.4 Å². The van der Waals surface area contributed by atoms with Gasteiger partial charge in [0.05, 0.1) is 11.5 Å². The molecule has 0 aromatic heterocycles. The second kappa shape index (κ2) is 10.8. The Hall–Kier alpha value is -1.83. The minimum Gasteiger partial charge on any atom is -0.351 e. The highest BCUT2D eigenvalue weighted by molar-refractivity contribution is 9.10. The van der Waals surface area contributed by atoms with Gasteiger partial charge in [-0.1, -0.05) is 52.3 Å². The summed E-state index contributed by atoms with van der Waals surface area (Å²) < 4.78 is 0.912. The van der Waals surface area contributed by atoms with E-state index in [0.717, 1.165) is 29.7 Å². The van der Waals surface area contributed by atoms with Gasteiger partial charge < -0.3 is 10.6 Å². The van der Waals surface area contributed by atoms with E-state index in [0.29, 0.717) is 6.04 Å². The number of likely N-dealkylation sites (tertiary alicyclic amines) is 1. The molecule has 0 bridgehead atoms. The number of anilines is 1. The molecule has 2 N–H and O–H groups in total. The maximum absolute atomic E-state index is 12.2. The number of thioether (sulfide) groups is 1. The van der Waals surface area contributed by atoms with Crippen molar-refractivity contribution in [3.05, 3.63) is 64.6 Å². The summed E-state index contributed by atoms with van der Waals surface area (Å²) in [4.78, 5) is 26.7. The number of nitrogens with one attached hydrogen (secondary N) is 2. The minimum absolute atomic E-state index is 0.00975. The van der Waals surface area contributed by atoms with Gasteiger partial charge >= 0.3 is 0 Å². The molecule has 0 spiro atoms. The quantitative estimate of drug-likeness (QED) is 0.603. The van der Waals surface area contributed by atoms with Crippen LogP contribution in [0.4, 0.5) is 5.69 Å². The van der Waals surface area contributed by atoms with Crippen molar-refractivity contribution in [3.63, 3.8) is 0 Å². The number of benzene rings is 2. The molecular weight excluding hydrogens is 450 g/mol. The van der Waals surface area contributed by atoms with Crippen LogP contribution in [0.15, 0.2) is 59.1 Å². The van der Waals surface area contributed by atoms with Crippen LogP contribution in [-0.2, 0) is 9.59 Å². The summed E-state index contributed by atoms with van der Waals surface area (Å²) in [5.41, 5.74) is 2.04. The number of amides is 2. The summed E-state index contributed by atoms with van der Waals surface area (Å²) >= 11 is 4.71. The standard InChI is InChI=1S/C22H26BrN3O2S/c1-16(17-6-3-2-4-7-17)26-11-10-20(13-26)25-22(28)15-29-14-21(27)24-19-9-5-8-18(23)12-19/h2-9,12,16,20H,10-11,13-15H2,1H3,(H,24,27)(H,25,28). The molecule has 0 aliphatic carbocycles. The summed E-state index contributed by atoms with van der Waals surface area (Å²) in [6.07, 6.45) is 0.955. The maximum atomic E-state index is 12.2. The molecule has 29 heavy (non-hydrogen) atoms. The molecule has 3 rings (SSSR count). The lowest BCUT2D eigenvalue weighted by molar-refractivity contribution is -0.119. The Kier molecular flexibility index (Phi) is 8.15. The summed E-state index contributed by atoms with van der Waals surface area (Å²) in [5.74, 6) is 0.424. The average molecular weight is 476 g/mol. The van der Waals surface area contributed by atoms with Gasteiger partial charge in [0.15, 0.2) is 0 Å². The first-order chi connectivity index (χ1) is 14.0. The number of hydrogen-bond donors (Lipinski definition) is 2. The molecule has 7 heteroatoms. The van der Waals surface area contributed by atoms with E-state index >= 15 is 0 Å². The molecule has 2 aromatic rings. The first-order valence-corrected chi connectivity index (χ1v) is 11.7. The molecule has 0 saturated carbocycles. The molecule has 2 atom stereocenters. The Morgan fingerprint density at radius 3 is 2.66 bits per heavy atom. The number of nitrogens with zero attached hydrogens (tertiary/aromatic N) is 1. The molecule has 1 aliphatic heterocycles. The highest BCUT2D eigenvalue weighted by Gasteiger charge is 2.27. The Labute approximate surface area is 184 Å². The van der Waals surface area contributed by atoms with Gasteiger partial charge in [-0.3, -0.25) is 14.5 Å². The van der Waals surface area contributed by atoms with E-state index in [1.54, 1.807) is 0 Å². The number of carbonyl (C=O) groups excluding carboxylic acids is 2. The van der Waals surface area contributed by atoms with Crippen LogP contribution in [0, 0.1) is 0 Å². The lowest BCUT2D eigenvalue weighted by Gasteiger charge is -2.24. The van der Waals surface area contributed by atoms with E-state index in [2.05, 4.69) is 62.7 Å². The van der Waals surface area contributed by atoms with E-state index in [1.807, 2.05) is 30.3 Å². The Morgan fingerprint density at radius 2 is 1.90 bits per heavy atom. The highest BCUT2D eigenvalue weighted by Crippen LogP contribution is 2.24. The average Bonchev–Trinajstić information content (AvgIpc) is 3.16. The second-order valence-electron chi connectivity index (χ2n) is 7.19. The number of rotatable bonds is 8. The summed E-state index contributed by atoms with van der Waals surface area (Å²) in [7, 11) is 0. The van der Waals surface area contributed by atoms with Gasteiger partial charge in [0.2, 0.25) is 11.8 Å². The van der Waals surface area contributed by atoms with Crippen molar-refractivity contribution >= 4 is 45.2 Å². The van der Waals surface area contributed by atoms with Crippen LogP contribution >= 0.6 is 27.7 Å². The van der Waals surface area contributed by atoms with Crippen LogP contribution in [-0.4, -0.2) is 47.4 Å². The van der Waals surface area contributed by atoms with Gasteiger partial charge in [0, 0.05) is 35.3 Å². The smallest absolute Gasteiger partial charge is 0.234 e. The normalized spacial score (nSPS) is 17.7. The van der Waals surface area contributed by atoms with Crippen molar-refractivity contribution in [2.24, 2.45) is 0 Å². The topological polar surface area (TPSA) is 61.4 Å². The third-order valence-electron chi connectivity index (χ3n) is 4.99. The molecule has 1 aliphatic rings. The van der Waals surface area contributed by atoms with Gasteiger partial charge in [-0.2, -0.15) is 0 Å². The fraction of sp³-hybridized carbons (Fsp3) is 0.364. The molecule has 1 fully saturated rings. The predicted molar refractivity (Wildman–Crippen MR) is 123 cm³/mol. The minimum atomic E-state index is -0.107. The number of halogens is 1. The van der Waals surface area contributed by atoms with Crippen molar-refractivity contribution in [1.29, 1.82) is 0 Å². The Bertz CT molecular complexity index is 834. The molecule has 5 nitrogen and oxygen atoms in total. The SMILES string of the molecule is CC(c1ccccc1)N1CCC(NC(=O)CSCC(=O)Nc2cccc(Br)c2)C1. The summed E-state index contributed by atoms with van der Waals surface area (Å²) in [5, 5.41) is 5.94. The third kappa shape index (κ3) is 6.87. The van der Waals surface area contributed by atoms with Crippen molar-refractivity contribution in [3.8, 4) is 0 Å². The zero-order valence-corrected chi connectivity index (χ0v) is 18.8.